The molecule has 0 radical (unpaired) electrons. The van der Waals surface area contributed by atoms with Crippen LogP contribution in [0.3, 0.4) is 0 Å². The predicted octanol–water partition coefficient (Wildman–Crippen LogP) is 4.11. The van der Waals surface area contributed by atoms with Crippen molar-refractivity contribution in [3.8, 4) is 0 Å². The Labute approximate surface area is 174 Å². The smallest absolute Gasteiger partial charge is 0.338 e. The number of hydrogen-bond acceptors (Lipinski definition) is 5. The Balaban J connectivity index is 2.24. The zero-order valence-electron chi connectivity index (χ0n) is 16.3. The highest BCUT2D eigenvalue weighted by Gasteiger charge is 2.38. The van der Waals surface area contributed by atoms with Gasteiger partial charge in [0.2, 0.25) is 0 Å². The van der Waals surface area contributed by atoms with Crippen molar-refractivity contribution in [2.75, 3.05) is 12.0 Å². The lowest BCUT2D eigenvalue weighted by atomic mass is 9.90. The van der Waals surface area contributed by atoms with Crippen LogP contribution in [0.25, 0.3) is 0 Å². The van der Waals surface area contributed by atoms with Gasteiger partial charge in [-0.15, -0.1) is 0 Å². The van der Waals surface area contributed by atoms with Gasteiger partial charge in [0, 0.05) is 23.5 Å². The van der Waals surface area contributed by atoms with Crippen LogP contribution in [0, 0.1) is 16.0 Å². The summed E-state index contributed by atoms with van der Waals surface area (Å²) in [6, 6.07) is 15.0. The highest BCUT2D eigenvalue weighted by molar-refractivity contribution is 7.80. The molecule has 7 nitrogen and oxygen atoms in total. The van der Waals surface area contributed by atoms with Gasteiger partial charge in [-0.25, -0.2) is 4.79 Å². The number of esters is 1. The number of carbonyl (C=O) groups is 1. The lowest BCUT2D eigenvalue weighted by Crippen LogP contribution is -2.49. The number of allylic oxidation sites excluding steroid dienone is 1. The van der Waals surface area contributed by atoms with Crippen LogP contribution >= 0.6 is 12.2 Å². The highest BCUT2D eigenvalue weighted by atomic mass is 32.1. The van der Waals surface area contributed by atoms with Gasteiger partial charge in [0.1, 0.15) is 0 Å². The van der Waals surface area contributed by atoms with Crippen molar-refractivity contribution < 1.29 is 14.5 Å². The van der Waals surface area contributed by atoms with E-state index in [1.54, 1.807) is 12.1 Å². The minimum Gasteiger partial charge on any atom is -0.466 e. The molecule has 150 valence electrons. The SMILES string of the molecule is COC(=O)C1=C(C(C)C)N(c2ccccc2)C(=S)N[C@H]1c1cccc([N+](=O)[O-])c1. The quantitative estimate of drug-likeness (QED) is 0.343. The second kappa shape index (κ2) is 8.40. The van der Waals surface area contributed by atoms with E-state index in [0.29, 0.717) is 21.9 Å². The largest absolute Gasteiger partial charge is 0.466 e. The molecule has 0 saturated carbocycles. The monoisotopic (exact) mass is 411 g/mol. The molecule has 0 bridgehead atoms. The number of nitro groups is 1. The first-order valence-corrected chi connectivity index (χ1v) is 9.48. The molecule has 2 aromatic carbocycles. The minimum atomic E-state index is -0.660. The Kier molecular flexibility index (Phi) is 5.93. The molecule has 0 aliphatic carbocycles. The molecule has 0 fully saturated rings. The van der Waals surface area contributed by atoms with Crippen molar-refractivity contribution in [3.05, 3.63) is 81.5 Å². The summed E-state index contributed by atoms with van der Waals surface area (Å²) in [7, 11) is 1.32. The molecule has 3 rings (SSSR count). The van der Waals surface area contributed by atoms with Crippen LogP contribution in [-0.2, 0) is 9.53 Å². The number of rotatable bonds is 5. The van der Waals surface area contributed by atoms with E-state index in [2.05, 4.69) is 5.32 Å². The number of nitro benzene ring substituents is 1. The number of ether oxygens (including phenoxy) is 1. The second-order valence-corrected chi connectivity index (χ2v) is 7.24. The molecule has 0 amide bonds. The van der Waals surface area contributed by atoms with Gasteiger partial charge in [-0.2, -0.15) is 0 Å². The molecule has 2 aromatic rings. The first-order valence-electron chi connectivity index (χ1n) is 9.07. The van der Waals surface area contributed by atoms with Crippen molar-refractivity contribution in [1.29, 1.82) is 0 Å². The molecule has 8 heteroatoms. The molecule has 1 aliphatic heterocycles. The van der Waals surface area contributed by atoms with Crippen LogP contribution < -0.4 is 10.2 Å². The van der Waals surface area contributed by atoms with Crippen LogP contribution in [-0.4, -0.2) is 23.1 Å². The maximum atomic E-state index is 12.8. The number of carbonyl (C=O) groups excluding carboxylic acids is 1. The summed E-state index contributed by atoms with van der Waals surface area (Å²) in [6.07, 6.45) is 0. The molecule has 0 unspecified atom stereocenters. The topological polar surface area (TPSA) is 84.7 Å². The summed E-state index contributed by atoms with van der Waals surface area (Å²) in [5, 5.41) is 14.8. The zero-order valence-corrected chi connectivity index (χ0v) is 17.1. The van der Waals surface area contributed by atoms with Gasteiger partial charge in [0.05, 0.1) is 23.6 Å². The van der Waals surface area contributed by atoms with Crippen LogP contribution in [0.2, 0.25) is 0 Å². The number of hydrogen-bond donors (Lipinski definition) is 1. The van der Waals surface area contributed by atoms with E-state index >= 15 is 0 Å². The Bertz CT molecular complexity index is 988. The third-order valence-electron chi connectivity index (χ3n) is 4.66. The molecule has 1 N–H and O–H groups in total. The molecule has 1 aliphatic rings. The van der Waals surface area contributed by atoms with Crippen LogP contribution in [0.15, 0.2) is 65.9 Å². The molecular weight excluding hydrogens is 390 g/mol. The molecule has 1 heterocycles. The van der Waals surface area contributed by atoms with Crippen LogP contribution in [0.1, 0.15) is 25.5 Å². The van der Waals surface area contributed by atoms with Gasteiger partial charge in [-0.1, -0.05) is 44.2 Å². The highest BCUT2D eigenvalue weighted by Crippen LogP contribution is 2.38. The lowest BCUT2D eigenvalue weighted by Gasteiger charge is -2.40. The molecule has 0 saturated heterocycles. The van der Waals surface area contributed by atoms with Gasteiger partial charge < -0.3 is 10.1 Å². The zero-order chi connectivity index (χ0) is 21.1. The number of benzene rings is 2. The Hall–Kier alpha value is -3.26. The molecule has 0 spiro atoms. The maximum Gasteiger partial charge on any atom is 0.338 e. The number of anilines is 1. The fourth-order valence-corrected chi connectivity index (χ4v) is 3.76. The molecule has 29 heavy (non-hydrogen) atoms. The van der Waals surface area contributed by atoms with Gasteiger partial charge in [0.15, 0.2) is 5.11 Å². The van der Waals surface area contributed by atoms with E-state index in [1.807, 2.05) is 49.1 Å². The number of para-hydroxylation sites is 1. The Morgan fingerprint density at radius 2 is 1.90 bits per heavy atom. The van der Waals surface area contributed by atoms with Gasteiger partial charge in [-0.05, 0) is 35.8 Å². The first kappa shape index (κ1) is 20.5. The summed E-state index contributed by atoms with van der Waals surface area (Å²) >= 11 is 5.64. The van der Waals surface area contributed by atoms with Crippen LogP contribution in [0.5, 0.6) is 0 Å². The summed E-state index contributed by atoms with van der Waals surface area (Å²) in [6.45, 7) is 3.93. The van der Waals surface area contributed by atoms with E-state index in [9.17, 15) is 14.9 Å². The Morgan fingerprint density at radius 3 is 2.48 bits per heavy atom. The fraction of sp³-hybridized carbons (Fsp3) is 0.238. The van der Waals surface area contributed by atoms with Gasteiger partial charge in [0.25, 0.3) is 5.69 Å². The van der Waals surface area contributed by atoms with E-state index in [4.69, 9.17) is 17.0 Å². The summed E-state index contributed by atoms with van der Waals surface area (Å²) in [5.41, 5.74) is 2.39. The van der Waals surface area contributed by atoms with Crippen molar-refractivity contribution in [2.24, 2.45) is 5.92 Å². The predicted molar refractivity (Wildman–Crippen MR) is 114 cm³/mol. The Morgan fingerprint density at radius 1 is 1.21 bits per heavy atom. The third-order valence-corrected chi connectivity index (χ3v) is 4.96. The third kappa shape index (κ3) is 3.97. The first-order chi connectivity index (χ1) is 13.8. The van der Waals surface area contributed by atoms with E-state index in [-0.39, 0.29) is 11.6 Å². The van der Waals surface area contributed by atoms with E-state index in [1.165, 1.54) is 19.2 Å². The van der Waals surface area contributed by atoms with Crippen molar-refractivity contribution >= 4 is 34.7 Å². The standard InChI is InChI=1S/C21H21N3O4S/c1-13(2)19-17(20(25)28-3)18(14-8-7-11-16(12-14)24(26)27)22-21(29)23(19)15-9-5-4-6-10-15/h4-13,18H,1-3H3,(H,22,29)/t18-/m0/s1. The molecule has 1 atom stereocenters. The van der Waals surface area contributed by atoms with Gasteiger partial charge in [-0.3, -0.25) is 15.0 Å². The van der Waals surface area contributed by atoms with Gasteiger partial charge >= 0.3 is 5.97 Å². The fourth-order valence-electron chi connectivity index (χ4n) is 3.44. The van der Waals surface area contributed by atoms with Crippen molar-refractivity contribution in [2.45, 2.75) is 19.9 Å². The number of thiocarbonyl (C=S) groups is 1. The van der Waals surface area contributed by atoms with E-state index < -0.39 is 16.9 Å². The maximum absolute atomic E-state index is 12.8. The van der Waals surface area contributed by atoms with Crippen LogP contribution in [0.4, 0.5) is 11.4 Å². The minimum absolute atomic E-state index is 0.0592. The molecular formula is C21H21N3O4S. The summed E-state index contributed by atoms with van der Waals surface area (Å²) in [5.74, 6) is -0.577. The van der Waals surface area contributed by atoms with Crippen molar-refractivity contribution in [1.82, 2.24) is 5.32 Å². The number of methoxy groups -OCH3 is 1. The normalized spacial score (nSPS) is 16.6. The number of nitrogens with zero attached hydrogens (tertiary/aromatic N) is 2. The molecule has 0 aromatic heterocycles. The average Bonchev–Trinajstić information content (AvgIpc) is 2.72. The summed E-state index contributed by atoms with van der Waals surface area (Å²) < 4.78 is 5.08. The number of non-ortho nitro benzene ring substituents is 1. The summed E-state index contributed by atoms with van der Waals surface area (Å²) in [4.78, 5) is 25.4. The number of nitrogens with one attached hydrogen (secondary N) is 1. The second-order valence-electron chi connectivity index (χ2n) is 6.85. The average molecular weight is 411 g/mol. The lowest BCUT2D eigenvalue weighted by molar-refractivity contribution is -0.384. The van der Waals surface area contributed by atoms with E-state index in [0.717, 1.165) is 5.69 Å². The van der Waals surface area contributed by atoms with Crippen molar-refractivity contribution in [3.63, 3.8) is 0 Å².